The maximum Gasteiger partial charge on any atom is 0.323 e. The number of carbonyl (C=O) groups is 1. The lowest BCUT2D eigenvalue weighted by Crippen LogP contribution is -2.44. The summed E-state index contributed by atoms with van der Waals surface area (Å²) in [4.78, 5) is 16.8. The molecule has 1 fully saturated rings. The molecule has 1 heterocycles. The Labute approximate surface area is 156 Å². The van der Waals surface area contributed by atoms with Crippen molar-refractivity contribution in [1.29, 1.82) is 0 Å². The topological polar surface area (TPSA) is 47.6 Å². The number of amides is 2. The van der Waals surface area contributed by atoms with Gasteiger partial charge in [0.1, 0.15) is 0 Å². The molecule has 0 bridgehead atoms. The van der Waals surface area contributed by atoms with Gasteiger partial charge in [0.15, 0.2) is 0 Å². The van der Waals surface area contributed by atoms with Gasteiger partial charge in [0, 0.05) is 41.1 Å². The number of nitrogens with one attached hydrogen (secondary N) is 2. The molecule has 2 aromatic carbocycles. The second kappa shape index (κ2) is 7.85. The van der Waals surface area contributed by atoms with Crippen LogP contribution in [0.4, 0.5) is 21.9 Å². The van der Waals surface area contributed by atoms with Crippen molar-refractivity contribution in [2.45, 2.75) is 0 Å². The Morgan fingerprint density at radius 2 is 1.62 bits per heavy atom. The van der Waals surface area contributed by atoms with Gasteiger partial charge in [0.05, 0.1) is 5.69 Å². The Bertz CT molecular complexity index is 696. The molecule has 1 aliphatic heterocycles. The van der Waals surface area contributed by atoms with E-state index in [9.17, 15) is 4.79 Å². The van der Waals surface area contributed by atoms with E-state index in [-0.39, 0.29) is 6.03 Å². The molecule has 0 spiro atoms. The molecule has 3 rings (SSSR count). The van der Waals surface area contributed by atoms with Crippen molar-refractivity contribution in [1.82, 2.24) is 4.90 Å². The van der Waals surface area contributed by atoms with E-state index >= 15 is 0 Å². The minimum Gasteiger partial charge on any atom is -0.369 e. The summed E-state index contributed by atoms with van der Waals surface area (Å²) < 4.78 is 1.01. The Morgan fingerprint density at radius 3 is 2.29 bits per heavy atom. The zero-order chi connectivity index (χ0) is 16.9. The summed E-state index contributed by atoms with van der Waals surface area (Å²) in [6, 6.07) is 15.5. The zero-order valence-electron chi connectivity index (χ0n) is 13.6. The van der Waals surface area contributed by atoms with E-state index in [2.05, 4.69) is 62.2 Å². The third-order valence-electron chi connectivity index (χ3n) is 4.12. The van der Waals surface area contributed by atoms with Gasteiger partial charge in [-0.1, -0.05) is 12.1 Å². The second-order valence-corrected chi connectivity index (χ2v) is 7.06. The van der Waals surface area contributed by atoms with E-state index in [1.54, 1.807) is 0 Å². The lowest BCUT2D eigenvalue weighted by atomic mass is 10.2. The van der Waals surface area contributed by atoms with Gasteiger partial charge in [-0.05, 0) is 66.0 Å². The van der Waals surface area contributed by atoms with Crippen LogP contribution in [0, 0.1) is 3.57 Å². The number of hydrogen-bond acceptors (Lipinski definition) is 3. The number of hydrogen-bond donors (Lipinski definition) is 2. The van der Waals surface area contributed by atoms with Crippen LogP contribution in [0.1, 0.15) is 0 Å². The standard InChI is InChI=1S/C18H21IN4O/c1-22-10-12-23(13-11-22)15-8-6-14(7-9-15)20-18(24)21-17-5-3-2-4-16(17)19/h2-9H,10-13H2,1H3,(H2,20,21,24). The highest BCUT2D eigenvalue weighted by atomic mass is 127. The highest BCUT2D eigenvalue weighted by Gasteiger charge is 2.14. The molecule has 5 nitrogen and oxygen atoms in total. The number of carbonyl (C=O) groups excluding carboxylic acids is 1. The van der Waals surface area contributed by atoms with Gasteiger partial charge in [-0.3, -0.25) is 0 Å². The zero-order valence-corrected chi connectivity index (χ0v) is 15.8. The number of rotatable bonds is 3. The molecule has 0 aliphatic carbocycles. The predicted octanol–water partition coefficient (Wildman–Crippen LogP) is 3.69. The number of halogens is 1. The fraction of sp³-hybridized carbons (Fsp3) is 0.278. The van der Waals surface area contributed by atoms with Gasteiger partial charge >= 0.3 is 6.03 Å². The van der Waals surface area contributed by atoms with Gasteiger partial charge in [-0.15, -0.1) is 0 Å². The van der Waals surface area contributed by atoms with E-state index < -0.39 is 0 Å². The van der Waals surface area contributed by atoms with Crippen LogP contribution in [0.25, 0.3) is 0 Å². The fourth-order valence-corrected chi connectivity index (χ4v) is 3.19. The van der Waals surface area contributed by atoms with Crippen LogP contribution in [0.15, 0.2) is 48.5 Å². The molecule has 0 aromatic heterocycles. The number of urea groups is 1. The molecule has 24 heavy (non-hydrogen) atoms. The molecule has 126 valence electrons. The summed E-state index contributed by atoms with van der Waals surface area (Å²) in [7, 11) is 2.15. The SMILES string of the molecule is CN1CCN(c2ccc(NC(=O)Nc3ccccc3I)cc2)CC1. The maximum atomic E-state index is 12.1. The molecule has 2 aromatic rings. The minimum absolute atomic E-state index is 0.230. The van der Waals surface area contributed by atoms with Crippen molar-refractivity contribution in [3.05, 3.63) is 52.1 Å². The van der Waals surface area contributed by atoms with Crippen molar-refractivity contribution in [2.24, 2.45) is 0 Å². The first-order valence-electron chi connectivity index (χ1n) is 7.98. The summed E-state index contributed by atoms with van der Waals surface area (Å²) in [5.41, 5.74) is 2.80. The summed E-state index contributed by atoms with van der Waals surface area (Å²) >= 11 is 2.20. The van der Waals surface area contributed by atoms with Crippen molar-refractivity contribution < 1.29 is 4.79 Å². The van der Waals surface area contributed by atoms with Crippen LogP contribution < -0.4 is 15.5 Å². The first kappa shape index (κ1) is 17.0. The van der Waals surface area contributed by atoms with Crippen molar-refractivity contribution in [2.75, 3.05) is 48.8 Å². The van der Waals surface area contributed by atoms with E-state index in [1.165, 1.54) is 5.69 Å². The highest BCUT2D eigenvalue weighted by molar-refractivity contribution is 14.1. The molecule has 6 heteroatoms. The van der Waals surface area contributed by atoms with Crippen LogP contribution in [-0.2, 0) is 0 Å². The van der Waals surface area contributed by atoms with Crippen LogP contribution in [0.2, 0.25) is 0 Å². The molecule has 0 radical (unpaired) electrons. The van der Waals surface area contributed by atoms with Gasteiger partial charge in [0.25, 0.3) is 0 Å². The van der Waals surface area contributed by atoms with Gasteiger partial charge < -0.3 is 20.4 Å². The first-order chi connectivity index (χ1) is 11.6. The molecule has 0 unspecified atom stereocenters. The van der Waals surface area contributed by atoms with Crippen LogP contribution in [-0.4, -0.2) is 44.2 Å². The Balaban J connectivity index is 1.58. The first-order valence-corrected chi connectivity index (χ1v) is 9.06. The minimum atomic E-state index is -0.230. The van der Waals surface area contributed by atoms with Crippen molar-refractivity contribution in [3.8, 4) is 0 Å². The number of piperazine rings is 1. The van der Waals surface area contributed by atoms with Crippen molar-refractivity contribution >= 4 is 45.7 Å². The average molecular weight is 436 g/mol. The second-order valence-electron chi connectivity index (χ2n) is 5.90. The van der Waals surface area contributed by atoms with Crippen molar-refractivity contribution in [3.63, 3.8) is 0 Å². The van der Waals surface area contributed by atoms with Crippen LogP contribution >= 0.6 is 22.6 Å². The molecule has 1 aliphatic rings. The fourth-order valence-electron chi connectivity index (χ4n) is 2.67. The number of likely N-dealkylation sites (N-methyl/N-ethyl adjacent to an activating group) is 1. The Kier molecular flexibility index (Phi) is 5.57. The molecular formula is C18H21IN4O. The maximum absolute atomic E-state index is 12.1. The van der Waals surface area contributed by atoms with E-state index in [4.69, 9.17) is 0 Å². The Morgan fingerprint density at radius 1 is 0.958 bits per heavy atom. The summed E-state index contributed by atoms with van der Waals surface area (Å²) in [6.07, 6.45) is 0. The number of anilines is 3. The molecule has 0 saturated carbocycles. The quantitative estimate of drug-likeness (QED) is 0.722. The van der Waals surface area contributed by atoms with Crippen LogP contribution in [0.5, 0.6) is 0 Å². The third-order valence-corrected chi connectivity index (χ3v) is 5.06. The highest BCUT2D eigenvalue weighted by Crippen LogP contribution is 2.20. The smallest absolute Gasteiger partial charge is 0.323 e. The summed E-state index contributed by atoms with van der Waals surface area (Å²) in [6.45, 7) is 4.24. The number of nitrogens with zero attached hydrogens (tertiary/aromatic N) is 2. The molecule has 0 atom stereocenters. The number of para-hydroxylation sites is 1. The third kappa shape index (κ3) is 4.39. The van der Waals surface area contributed by atoms with Gasteiger partial charge in [0.2, 0.25) is 0 Å². The van der Waals surface area contributed by atoms with Gasteiger partial charge in [-0.2, -0.15) is 0 Å². The molecule has 2 amide bonds. The molecular weight excluding hydrogens is 415 g/mol. The largest absolute Gasteiger partial charge is 0.369 e. The normalized spacial score (nSPS) is 15.2. The molecule has 1 saturated heterocycles. The lowest BCUT2D eigenvalue weighted by Gasteiger charge is -2.34. The number of benzene rings is 2. The van der Waals surface area contributed by atoms with E-state index in [1.807, 2.05) is 36.4 Å². The lowest BCUT2D eigenvalue weighted by molar-refractivity contribution is 0.262. The Hall–Kier alpha value is -1.80. The van der Waals surface area contributed by atoms with Gasteiger partial charge in [-0.25, -0.2) is 4.79 Å². The average Bonchev–Trinajstić information content (AvgIpc) is 2.58. The summed E-state index contributed by atoms with van der Waals surface area (Å²) in [5, 5.41) is 5.74. The van der Waals surface area contributed by atoms with E-state index in [0.717, 1.165) is 41.1 Å². The van der Waals surface area contributed by atoms with Crippen LogP contribution in [0.3, 0.4) is 0 Å². The van der Waals surface area contributed by atoms with E-state index in [0.29, 0.717) is 0 Å². The summed E-state index contributed by atoms with van der Waals surface area (Å²) in [5.74, 6) is 0. The molecule has 2 N–H and O–H groups in total. The predicted molar refractivity (Wildman–Crippen MR) is 108 cm³/mol. The monoisotopic (exact) mass is 436 g/mol.